The highest BCUT2D eigenvalue weighted by molar-refractivity contribution is 5.82. The molecule has 1 aliphatic heterocycles. The van der Waals surface area contributed by atoms with Crippen molar-refractivity contribution in [1.82, 2.24) is 10.2 Å². The lowest BCUT2D eigenvalue weighted by Crippen LogP contribution is -2.53. The molecule has 2 rings (SSSR count). The summed E-state index contributed by atoms with van der Waals surface area (Å²) in [5.74, 6) is 0.0452. The van der Waals surface area contributed by atoms with E-state index < -0.39 is 6.10 Å². The first-order valence-electron chi connectivity index (χ1n) is 8.80. The number of carbonyl (C=O) groups is 1. The van der Waals surface area contributed by atoms with Gasteiger partial charge < -0.3 is 16.2 Å². The first-order chi connectivity index (χ1) is 11.3. The normalized spacial score (nSPS) is 21.5. The smallest absolute Gasteiger partial charge is 0.237 e. The summed E-state index contributed by atoms with van der Waals surface area (Å²) >= 11 is 0. The lowest BCUT2D eigenvalue weighted by Gasteiger charge is -2.30. The van der Waals surface area contributed by atoms with Gasteiger partial charge in [-0.05, 0) is 52.1 Å². The molecule has 1 aromatic carbocycles. The summed E-state index contributed by atoms with van der Waals surface area (Å²) in [6.45, 7) is 7.21. The minimum absolute atomic E-state index is 0.0452. The highest BCUT2D eigenvalue weighted by Gasteiger charge is 2.34. The summed E-state index contributed by atoms with van der Waals surface area (Å²) in [4.78, 5) is 14.5. The molecule has 1 amide bonds. The van der Waals surface area contributed by atoms with Crippen molar-refractivity contribution in [3.8, 4) is 0 Å². The van der Waals surface area contributed by atoms with Crippen LogP contribution in [0.25, 0.3) is 0 Å². The van der Waals surface area contributed by atoms with E-state index in [1.807, 2.05) is 51.1 Å². The maximum absolute atomic E-state index is 12.4. The number of likely N-dealkylation sites (tertiary alicyclic amines) is 1. The molecule has 3 atom stereocenters. The number of β-amino-alcohol motifs (C(OH)–C–C–N with tert-alkyl or cyclic N) is 1. The molecule has 5 nitrogen and oxygen atoms in total. The summed E-state index contributed by atoms with van der Waals surface area (Å²) in [5, 5.41) is 13.5. The summed E-state index contributed by atoms with van der Waals surface area (Å²) in [6.07, 6.45) is 1.80. The number of hydrogen-bond acceptors (Lipinski definition) is 4. The van der Waals surface area contributed by atoms with Crippen molar-refractivity contribution in [2.45, 2.75) is 63.8 Å². The third-order valence-corrected chi connectivity index (χ3v) is 4.39. The van der Waals surface area contributed by atoms with Crippen LogP contribution in [0.4, 0.5) is 0 Å². The predicted molar refractivity (Wildman–Crippen MR) is 96.6 cm³/mol. The number of carbonyl (C=O) groups excluding carboxylic acids is 1. The van der Waals surface area contributed by atoms with Crippen molar-refractivity contribution in [2.75, 3.05) is 13.1 Å². The van der Waals surface area contributed by atoms with Gasteiger partial charge >= 0.3 is 0 Å². The number of aliphatic hydroxyl groups excluding tert-OH is 1. The van der Waals surface area contributed by atoms with Crippen LogP contribution in [0.3, 0.4) is 0 Å². The lowest BCUT2D eigenvalue weighted by atomic mass is 10.0. The third kappa shape index (κ3) is 5.58. The Bertz CT molecular complexity index is 527. The molecule has 0 radical (unpaired) electrons. The van der Waals surface area contributed by atoms with E-state index >= 15 is 0 Å². The number of amides is 1. The van der Waals surface area contributed by atoms with Crippen molar-refractivity contribution < 1.29 is 9.90 Å². The number of hydrogen-bond donors (Lipinski definition) is 3. The van der Waals surface area contributed by atoms with Gasteiger partial charge in [0.1, 0.15) is 0 Å². The highest BCUT2D eigenvalue weighted by Crippen LogP contribution is 2.19. The van der Waals surface area contributed by atoms with Gasteiger partial charge in [-0.3, -0.25) is 9.69 Å². The summed E-state index contributed by atoms with van der Waals surface area (Å²) < 4.78 is 0. The molecule has 1 aromatic rings. The van der Waals surface area contributed by atoms with Gasteiger partial charge in [0.15, 0.2) is 0 Å². The van der Waals surface area contributed by atoms with Crippen LogP contribution in [-0.2, 0) is 11.2 Å². The molecule has 1 fully saturated rings. The van der Waals surface area contributed by atoms with Crippen LogP contribution < -0.4 is 11.1 Å². The highest BCUT2D eigenvalue weighted by atomic mass is 16.3. The molecule has 2 unspecified atom stereocenters. The number of rotatable bonds is 6. The Balaban J connectivity index is 1.89. The van der Waals surface area contributed by atoms with Gasteiger partial charge in [-0.25, -0.2) is 0 Å². The zero-order valence-corrected chi connectivity index (χ0v) is 15.0. The maximum atomic E-state index is 12.4. The number of nitrogens with one attached hydrogen (secondary N) is 1. The van der Waals surface area contributed by atoms with Crippen molar-refractivity contribution in [1.29, 1.82) is 0 Å². The van der Waals surface area contributed by atoms with E-state index in [1.165, 1.54) is 0 Å². The second-order valence-electron chi connectivity index (χ2n) is 7.81. The predicted octanol–water partition coefficient (Wildman–Crippen LogP) is 1.30. The van der Waals surface area contributed by atoms with E-state index in [2.05, 4.69) is 10.2 Å². The molecule has 4 N–H and O–H groups in total. The zero-order chi connectivity index (χ0) is 17.7. The minimum atomic E-state index is -0.645. The number of nitrogens with zero attached hydrogens (tertiary/aromatic N) is 1. The molecule has 1 saturated heterocycles. The van der Waals surface area contributed by atoms with Crippen LogP contribution in [0.15, 0.2) is 30.3 Å². The van der Waals surface area contributed by atoms with Crippen LogP contribution in [0.2, 0.25) is 0 Å². The van der Waals surface area contributed by atoms with Gasteiger partial charge in [0.2, 0.25) is 5.91 Å². The Hall–Kier alpha value is -1.43. The van der Waals surface area contributed by atoms with E-state index in [0.29, 0.717) is 13.0 Å². The Labute approximate surface area is 145 Å². The third-order valence-electron chi connectivity index (χ3n) is 4.39. The zero-order valence-electron chi connectivity index (χ0n) is 15.0. The number of aliphatic hydroxyl groups is 1. The molecule has 1 aliphatic rings. The summed E-state index contributed by atoms with van der Waals surface area (Å²) in [7, 11) is 0. The average Bonchev–Trinajstić information content (AvgIpc) is 2.94. The molecular formula is C19H31N3O2. The molecule has 0 aliphatic carbocycles. The SMILES string of the molecule is CC(C)(C)NC(=O)[C@@H]1CCCN1CC(O)C(N)Cc1ccccc1. The fourth-order valence-corrected chi connectivity index (χ4v) is 3.19. The van der Waals surface area contributed by atoms with Gasteiger partial charge in [-0.15, -0.1) is 0 Å². The number of nitrogens with two attached hydrogens (primary N) is 1. The first-order valence-corrected chi connectivity index (χ1v) is 8.80. The van der Waals surface area contributed by atoms with E-state index in [4.69, 9.17) is 5.73 Å². The van der Waals surface area contributed by atoms with E-state index in [9.17, 15) is 9.90 Å². The second kappa shape index (κ2) is 8.10. The largest absolute Gasteiger partial charge is 0.390 e. The minimum Gasteiger partial charge on any atom is -0.390 e. The Morgan fingerprint density at radius 1 is 1.38 bits per heavy atom. The fourth-order valence-electron chi connectivity index (χ4n) is 3.19. The van der Waals surface area contributed by atoms with Crippen molar-refractivity contribution in [3.05, 3.63) is 35.9 Å². The Morgan fingerprint density at radius 3 is 2.67 bits per heavy atom. The van der Waals surface area contributed by atoms with Gasteiger partial charge in [-0.1, -0.05) is 30.3 Å². The van der Waals surface area contributed by atoms with Crippen LogP contribution in [0.1, 0.15) is 39.2 Å². The number of benzene rings is 1. The van der Waals surface area contributed by atoms with Crippen LogP contribution >= 0.6 is 0 Å². The average molecular weight is 333 g/mol. The van der Waals surface area contributed by atoms with Gasteiger partial charge in [0.25, 0.3) is 0 Å². The van der Waals surface area contributed by atoms with E-state index in [-0.39, 0.29) is 23.5 Å². The molecule has 134 valence electrons. The van der Waals surface area contributed by atoms with E-state index in [1.54, 1.807) is 0 Å². The molecule has 24 heavy (non-hydrogen) atoms. The second-order valence-corrected chi connectivity index (χ2v) is 7.81. The quantitative estimate of drug-likeness (QED) is 0.733. The van der Waals surface area contributed by atoms with Crippen LogP contribution in [-0.4, -0.2) is 52.7 Å². The van der Waals surface area contributed by atoms with Crippen molar-refractivity contribution in [2.24, 2.45) is 5.73 Å². The Morgan fingerprint density at radius 2 is 2.04 bits per heavy atom. The first kappa shape index (κ1) is 18.9. The molecular weight excluding hydrogens is 302 g/mol. The van der Waals surface area contributed by atoms with Crippen molar-refractivity contribution >= 4 is 5.91 Å². The maximum Gasteiger partial charge on any atom is 0.237 e. The molecule has 0 spiro atoms. The molecule has 0 aromatic heterocycles. The monoisotopic (exact) mass is 333 g/mol. The molecule has 1 heterocycles. The molecule has 0 bridgehead atoms. The summed E-state index contributed by atoms with van der Waals surface area (Å²) in [5.41, 5.74) is 7.05. The fraction of sp³-hybridized carbons (Fsp3) is 0.632. The van der Waals surface area contributed by atoms with Crippen molar-refractivity contribution in [3.63, 3.8) is 0 Å². The Kier molecular flexibility index (Phi) is 6.38. The topological polar surface area (TPSA) is 78.6 Å². The molecule has 5 heteroatoms. The van der Waals surface area contributed by atoms with Gasteiger partial charge in [0.05, 0.1) is 12.1 Å². The van der Waals surface area contributed by atoms with Crippen LogP contribution in [0, 0.1) is 0 Å². The molecule has 0 saturated carbocycles. The standard InChI is InChI=1S/C19H31N3O2/c1-19(2,3)21-18(24)16-10-7-11-22(16)13-17(23)15(20)12-14-8-5-4-6-9-14/h4-6,8-9,15-17,23H,7,10-13,20H2,1-3H3,(H,21,24)/t15?,16-,17?/m0/s1. The van der Waals surface area contributed by atoms with Gasteiger partial charge in [0, 0.05) is 18.1 Å². The van der Waals surface area contributed by atoms with E-state index in [0.717, 1.165) is 24.9 Å². The summed E-state index contributed by atoms with van der Waals surface area (Å²) in [6, 6.07) is 9.45. The van der Waals surface area contributed by atoms with Gasteiger partial charge in [-0.2, -0.15) is 0 Å². The lowest BCUT2D eigenvalue weighted by molar-refractivity contribution is -0.127. The van der Waals surface area contributed by atoms with Crippen LogP contribution in [0.5, 0.6) is 0 Å².